The molecule has 0 unspecified atom stereocenters. The van der Waals surface area contributed by atoms with Crippen LogP contribution in [0.4, 0.5) is 0 Å². The summed E-state index contributed by atoms with van der Waals surface area (Å²) in [6.07, 6.45) is 0. The number of carboxylic acids is 1. The zero-order chi connectivity index (χ0) is 22.1. The lowest BCUT2D eigenvalue weighted by Crippen LogP contribution is -2.31. The van der Waals surface area contributed by atoms with Crippen LogP contribution in [0.1, 0.15) is 0 Å². The maximum Gasteiger partial charge on any atom is 0.329 e. The molecule has 0 aromatic rings. The molecule has 0 saturated heterocycles. The van der Waals surface area contributed by atoms with Crippen molar-refractivity contribution >= 4 is 34.5 Å². The molecule has 0 bridgehead atoms. The van der Waals surface area contributed by atoms with Crippen molar-refractivity contribution in [3.05, 3.63) is 0 Å². The maximum absolute atomic E-state index is 11.3. The van der Waals surface area contributed by atoms with E-state index in [2.05, 4.69) is 32.6 Å². The van der Waals surface area contributed by atoms with Crippen LogP contribution in [0.25, 0.3) is 0 Å². The highest BCUT2D eigenvalue weighted by atomic mass is 127. The summed E-state index contributed by atoms with van der Waals surface area (Å²) in [6.45, 7) is 5.63. The van der Waals surface area contributed by atoms with Gasteiger partial charge in [-0.05, 0) is 0 Å². The summed E-state index contributed by atoms with van der Waals surface area (Å²) >= 11 is 2.26. The van der Waals surface area contributed by atoms with Gasteiger partial charge in [0.15, 0.2) is 0 Å². The van der Waals surface area contributed by atoms with Gasteiger partial charge in [0.2, 0.25) is 5.91 Å². The minimum absolute atomic E-state index is 0.289. The third-order valence-corrected chi connectivity index (χ3v) is 3.55. The van der Waals surface area contributed by atoms with Crippen LogP contribution in [-0.4, -0.2) is 120 Å². The molecule has 178 valence electrons. The van der Waals surface area contributed by atoms with Crippen molar-refractivity contribution < 1.29 is 47.9 Å². The molecule has 12 heteroatoms. The third-order valence-electron chi connectivity index (χ3n) is 3.11. The molecule has 11 nitrogen and oxygen atoms in total. The maximum atomic E-state index is 11.3. The molecule has 0 spiro atoms. The molecular formula is C18H34INO10. The smallest absolute Gasteiger partial charge is 0.329 e. The first-order valence-electron chi connectivity index (χ1n) is 9.75. The predicted octanol–water partition coefficient (Wildman–Crippen LogP) is -0.262. The van der Waals surface area contributed by atoms with Gasteiger partial charge in [0.25, 0.3) is 0 Å². The van der Waals surface area contributed by atoms with Crippen molar-refractivity contribution in [1.82, 2.24) is 5.32 Å². The molecule has 0 radical (unpaired) electrons. The van der Waals surface area contributed by atoms with Gasteiger partial charge in [-0.2, -0.15) is 0 Å². The van der Waals surface area contributed by atoms with Crippen LogP contribution in [0.5, 0.6) is 0 Å². The van der Waals surface area contributed by atoms with Crippen LogP contribution in [0.2, 0.25) is 0 Å². The summed E-state index contributed by atoms with van der Waals surface area (Å²) in [5, 5.41) is 10.9. The SMILES string of the molecule is O=C(O)COCC(=O)NCCOCCOCCOCCOCCOCCOCCI. The fourth-order valence-electron chi connectivity index (χ4n) is 1.80. The second-order valence-corrected chi connectivity index (χ2v) is 6.68. The molecule has 0 aromatic heterocycles. The zero-order valence-electron chi connectivity index (χ0n) is 17.3. The van der Waals surface area contributed by atoms with Crippen molar-refractivity contribution in [3.8, 4) is 0 Å². The van der Waals surface area contributed by atoms with E-state index in [9.17, 15) is 9.59 Å². The van der Waals surface area contributed by atoms with Gasteiger partial charge in [-0.1, -0.05) is 22.6 Å². The third kappa shape index (κ3) is 25.4. The number of carbonyl (C=O) groups excluding carboxylic acids is 1. The van der Waals surface area contributed by atoms with Crippen LogP contribution in [0.3, 0.4) is 0 Å². The van der Waals surface area contributed by atoms with Crippen LogP contribution < -0.4 is 5.32 Å². The molecule has 0 fully saturated rings. The van der Waals surface area contributed by atoms with E-state index in [4.69, 9.17) is 33.5 Å². The monoisotopic (exact) mass is 551 g/mol. The Bertz CT molecular complexity index is 403. The van der Waals surface area contributed by atoms with Gasteiger partial charge < -0.3 is 43.6 Å². The number of hydrogen-bond donors (Lipinski definition) is 2. The van der Waals surface area contributed by atoms with E-state index >= 15 is 0 Å². The molecule has 0 atom stereocenters. The molecule has 0 aliphatic rings. The van der Waals surface area contributed by atoms with E-state index in [1.165, 1.54) is 0 Å². The number of amides is 1. The normalized spacial score (nSPS) is 11.0. The predicted molar refractivity (Wildman–Crippen MR) is 115 cm³/mol. The number of hydrogen-bond acceptors (Lipinski definition) is 9. The number of alkyl halides is 1. The van der Waals surface area contributed by atoms with Gasteiger partial charge in [-0.25, -0.2) is 4.79 Å². The number of ether oxygens (including phenoxy) is 7. The fourth-order valence-corrected chi connectivity index (χ4v) is 2.11. The quantitative estimate of drug-likeness (QED) is 0.0940. The van der Waals surface area contributed by atoms with E-state index in [0.717, 1.165) is 11.0 Å². The molecular weight excluding hydrogens is 517 g/mol. The second-order valence-electron chi connectivity index (χ2n) is 5.60. The minimum Gasteiger partial charge on any atom is -0.480 e. The van der Waals surface area contributed by atoms with Crippen LogP contribution in [0, 0.1) is 0 Å². The number of aliphatic carboxylic acids is 1. The Balaban J connectivity index is 3.09. The van der Waals surface area contributed by atoms with Crippen molar-refractivity contribution in [3.63, 3.8) is 0 Å². The summed E-state index contributed by atoms with van der Waals surface area (Å²) in [4.78, 5) is 21.5. The number of carboxylic acid groups (broad SMARTS) is 1. The highest BCUT2D eigenvalue weighted by molar-refractivity contribution is 14.1. The Morgan fingerprint density at radius 1 is 0.600 bits per heavy atom. The van der Waals surface area contributed by atoms with Crippen LogP contribution >= 0.6 is 22.6 Å². The summed E-state index contributed by atoms with van der Waals surface area (Å²) in [5.41, 5.74) is 0. The molecule has 0 saturated carbocycles. The number of carbonyl (C=O) groups is 2. The molecule has 0 aliphatic heterocycles. The second kappa shape index (κ2) is 24.7. The zero-order valence-corrected chi connectivity index (χ0v) is 19.5. The lowest BCUT2D eigenvalue weighted by atomic mass is 10.6. The molecule has 0 rings (SSSR count). The number of nitrogens with one attached hydrogen (secondary N) is 1. The molecule has 0 aliphatic carbocycles. The van der Waals surface area contributed by atoms with Crippen molar-refractivity contribution in [2.45, 2.75) is 0 Å². The van der Waals surface area contributed by atoms with Gasteiger partial charge in [-0.3, -0.25) is 4.79 Å². The Morgan fingerprint density at radius 2 is 1.00 bits per heavy atom. The first kappa shape index (κ1) is 29.4. The largest absolute Gasteiger partial charge is 0.480 e. The van der Waals surface area contributed by atoms with Crippen molar-refractivity contribution in [2.24, 2.45) is 0 Å². The summed E-state index contributed by atoms with van der Waals surface area (Å²) < 4.78 is 37.7. The van der Waals surface area contributed by atoms with Crippen LogP contribution in [0.15, 0.2) is 0 Å². The fraction of sp³-hybridized carbons (Fsp3) is 0.889. The van der Waals surface area contributed by atoms with E-state index < -0.39 is 12.6 Å². The first-order chi connectivity index (χ1) is 14.7. The lowest BCUT2D eigenvalue weighted by molar-refractivity contribution is -0.143. The molecule has 1 amide bonds. The van der Waals surface area contributed by atoms with Crippen molar-refractivity contribution in [2.75, 3.05) is 103 Å². The van der Waals surface area contributed by atoms with E-state index in [-0.39, 0.29) is 12.5 Å². The summed E-state index contributed by atoms with van der Waals surface area (Å²) in [5.74, 6) is -1.50. The standard InChI is InChI=1S/C18H34INO10/c19-1-3-24-5-7-26-9-11-28-13-14-29-12-10-27-8-6-25-4-2-20-17(21)15-30-16-18(22)23/h1-16H2,(H,20,21)(H,22,23). The van der Waals surface area contributed by atoms with E-state index in [1.807, 2.05) is 0 Å². The lowest BCUT2D eigenvalue weighted by Gasteiger charge is -2.08. The number of rotatable bonds is 24. The highest BCUT2D eigenvalue weighted by Crippen LogP contribution is 1.86. The highest BCUT2D eigenvalue weighted by Gasteiger charge is 2.02. The van der Waals surface area contributed by atoms with Gasteiger partial charge in [0, 0.05) is 11.0 Å². The Hall–Kier alpha value is -0.610. The molecule has 0 aromatic carbocycles. The molecule has 2 N–H and O–H groups in total. The Kier molecular flexibility index (Phi) is 24.2. The van der Waals surface area contributed by atoms with Gasteiger partial charge in [0.05, 0.1) is 79.3 Å². The van der Waals surface area contributed by atoms with Crippen molar-refractivity contribution in [1.29, 1.82) is 0 Å². The minimum atomic E-state index is -1.12. The van der Waals surface area contributed by atoms with Gasteiger partial charge >= 0.3 is 5.97 Å². The average Bonchev–Trinajstić information content (AvgIpc) is 2.72. The Labute approximate surface area is 191 Å². The molecule has 30 heavy (non-hydrogen) atoms. The molecule has 0 heterocycles. The topological polar surface area (TPSA) is 131 Å². The first-order valence-corrected chi connectivity index (χ1v) is 11.3. The Morgan fingerprint density at radius 3 is 1.40 bits per heavy atom. The summed E-state index contributed by atoms with van der Waals surface area (Å²) in [7, 11) is 0. The number of halogens is 1. The van der Waals surface area contributed by atoms with E-state index in [1.54, 1.807) is 0 Å². The van der Waals surface area contributed by atoms with E-state index in [0.29, 0.717) is 79.2 Å². The van der Waals surface area contributed by atoms with Gasteiger partial charge in [0.1, 0.15) is 13.2 Å². The van der Waals surface area contributed by atoms with Gasteiger partial charge in [-0.15, -0.1) is 0 Å². The van der Waals surface area contributed by atoms with Crippen LogP contribution in [-0.2, 0) is 42.7 Å². The average molecular weight is 551 g/mol. The summed E-state index contributed by atoms with van der Waals surface area (Å²) in [6, 6.07) is 0.